The zero-order valence-corrected chi connectivity index (χ0v) is 54.3. The van der Waals surface area contributed by atoms with Crippen molar-refractivity contribution in [3.63, 3.8) is 0 Å². The summed E-state index contributed by atoms with van der Waals surface area (Å²) >= 11 is 0. The first-order valence-electron chi connectivity index (χ1n) is 31.3. The number of carbonyl (C=O) groups is 3. The Hall–Kier alpha value is -3.25. The molecule has 1 aromatic carbocycles. The zero-order valence-electron chi connectivity index (χ0n) is 54.3. The summed E-state index contributed by atoms with van der Waals surface area (Å²) in [7, 11) is 8.76. The van der Waals surface area contributed by atoms with E-state index in [-0.39, 0.29) is 29.9 Å². The number of carbonyl (C=O) groups excluding carboxylic acids is 3. The molecule has 4 saturated heterocycles. The van der Waals surface area contributed by atoms with Crippen LogP contribution in [0.15, 0.2) is 24.3 Å². The highest BCUT2D eigenvalue weighted by molar-refractivity contribution is 5.72. The highest BCUT2D eigenvalue weighted by Gasteiger charge is 2.57. The minimum Gasteiger partial charge on any atom is -0.462 e. The number of aliphatic hydroxyl groups is 4. The topological polar surface area (TPSA) is 289 Å². The Labute approximate surface area is 515 Å². The summed E-state index contributed by atoms with van der Waals surface area (Å²) in [6, 6.07) is 7.37. The molecule has 0 bridgehead atoms. The lowest BCUT2D eigenvalue weighted by atomic mass is 9.94. The van der Waals surface area contributed by atoms with E-state index in [4.69, 9.17) is 80.5 Å². The fourth-order valence-electron chi connectivity index (χ4n) is 12.3. The molecule has 0 saturated carbocycles. The van der Waals surface area contributed by atoms with Gasteiger partial charge in [0.05, 0.1) is 42.9 Å². The fraction of sp³-hybridized carbons (Fsp3) is 0.857. The molecule has 0 unspecified atom stereocenters. The Balaban J connectivity index is 1.36. The molecule has 4 N–H and O–H groups in total. The van der Waals surface area contributed by atoms with Gasteiger partial charge in [-0.2, -0.15) is 0 Å². The molecule has 0 aliphatic carbocycles. The summed E-state index contributed by atoms with van der Waals surface area (Å²) in [6.45, 7) is 17.8. The molecule has 4 aliphatic rings. The van der Waals surface area contributed by atoms with E-state index in [2.05, 4.69) is 13.8 Å². The highest BCUT2D eigenvalue weighted by Crippen LogP contribution is 2.38. The van der Waals surface area contributed by atoms with Crippen molar-refractivity contribution in [3.8, 4) is 5.75 Å². The third-order valence-corrected chi connectivity index (χ3v) is 17.3. The van der Waals surface area contributed by atoms with E-state index in [1.54, 1.807) is 40.0 Å². The van der Waals surface area contributed by atoms with Gasteiger partial charge in [0, 0.05) is 62.4 Å². The Morgan fingerprint density at radius 1 is 0.540 bits per heavy atom. The van der Waals surface area contributed by atoms with Gasteiger partial charge in [-0.1, -0.05) is 72.9 Å². The third-order valence-electron chi connectivity index (χ3n) is 17.3. The minimum atomic E-state index is -1.55. The van der Waals surface area contributed by atoms with Crippen molar-refractivity contribution in [1.82, 2.24) is 0 Å². The van der Waals surface area contributed by atoms with E-state index < -0.39 is 148 Å². The Bertz CT molecular complexity index is 2140. The van der Waals surface area contributed by atoms with Crippen LogP contribution in [0, 0.1) is 17.8 Å². The third kappa shape index (κ3) is 20.1. The van der Waals surface area contributed by atoms with Crippen LogP contribution in [0.2, 0.25) is 0 Å². The summed E-state index contributed by atoms with van der Waals surface area (Å²) < 4.78 is 105. The van der Waals surface area contributed by atoms with Crippen molar-refractivity contribution in [2.45, 2.75) is 281 Å². The number of methoxy groups -OCH3 is 6. The normalized spacial score (nSPS) is 35.1. The Morgan fingerprint density at radius 2 is 1.02 bits per heavy atom. The van der Waals surface area contributed by atoms with Crippen molar-refractivity contribution >= 4 is 17.9 Å². The molecule has 87 heavy (non-hydrogen) atoms. The quantitative estimate of drug-likeness (QED) is 0.0370. The van der Waals surface area contributed by atoms with Crippen LogP contribution in [-0.2, 0) is 96.6 Å². The molecule has 0 aromatic heterocycles. The van der Waals surface area contributed by atoms with E-state index in [1.807, 2.05) is 39.8 Å². The van der Waals surface area contributed by atoms with Crippen LogP contribution in [0.5, 0.6) is 5.75 Å². The van der Waals surface area contributed by atoms with Gasteiger partial charge in [-0.25, -0.2) is 0 Å². The van der Waals surface area contributed by atoms with Crippen LogP contribution < -0.4 is 4.74 Å². The predicted molar refractivity (Wildman–Crippen MR) is 313 cm³/mol. The van der Waals surface area contributed by atoms with Gasteiger partial charge in [0.25, 0.3) is 0 Å². The first kappa shape index (κ1) is 74.5. The number of unbranched alkanes of at least 4 members (excludes halogenated alkanes) is 1. The van der Waals surface area contributed by atoms with Gasteiger partial charge in [-0.3, -0.25) is 14.4 Å². The maximum Gasteiger partial charge on any atom is 0.308 e. The van der Waals surface area contributed by atoms with Crippen LogP contribution in [0.25, 0.3) is 0 Å². The molecule has 0 amide bonds. The second kappa shape index (κ2) is 36.7. The fourth-order valence-corrected chi connectivity index (χ4v) is 12.3. The van der Waals surface area contributed by atoms with Crippen LogP contribution in [0.4, 0.5) is 0 Å². The number of hydrogen-bond donors (Lipinski definition) is 4. The summed E-state index contributed by atoms with van der Waals surface area (Å²) in [4.78, 5) is 39.6. The minimum absolute atomic E-state index is 0.176. The zero-order chi connectivity index (χ0) is 64.2. The molecular formula is C63H106O24. The van der Waals surface area contributed by atoms with Crippen LogP contribution in [-0.4, -0.2) is 229 Å². The van der Waals surface area contributed by atoms with Gasteiger partial charge in [0.1, 0.15) is 91.2 Å². The second-order valence-corrected chi connectivity index (χ2v) is 23.8. The molecule has 0 spiro atoms. The summed E-state index contributed by atoms with van der Waals surface area (Å²) in [5.41, 5.74) is 0.855. The molecule has 24 nitrogen and oxygen atoms in total. The number of ether oxygens (including phenoxy) is 17. The van der Waals surface area contributed by atoms with E-state index in [0.717, 1.165) is 44.1 Å². The van der Waals surface area contributed by atoms with Crippen LogP contribution in [0.1, 0.15) is 139 Å². The average molecular weight is 1250 g/mol. The summed E-state index contributed by atoms with van der Waals surface area (Å²) in [6.07, 6.45) is -16.2. The van der Waals surface area contributed by atoms with Crippen molar-refractivity contribution in [1.29, 1.82) is 0 Å². The number of rotatable bonds is 35. The summed E-state index contributed by atoms with van der Waals surface area (Å²) in [5, 5.41) is 43.4. The van der Waals surface area contributed by atoms with E-state index >= 15 is 0 Å². The summed E-state index contributed by atoms with van der Waals surface area (Å²) in [5.74, 6) is -0.993. The second-order valence-electron chi connectivity index (χ2n) is 23.8. The van der Waals surface area contributed by atoms with Gasteiger partial charge < -0.3 is 101 Å². The molecule has 4 fully saturated rings. The first-order valence-corrected chi connectivity index (χ1v) is 31.3. The maximum absolute atomic E-state index is 13.6. The number of hydrogen-bond acceptors (Lipinski definition) is 24. The Morgan fingerprint density at radius 3 is 1.55 bits per heavy atom. The molecule has 4 aliphatic heterocycles. The molecule has 502 valence electrons. The number of aliphatic hydroxyl groups excluding tert-OH is 4. The van der Waals surface area contributed by atoms with Crippen LogP contribution in [0.3, 0.4) is 0 Å². The van der Waals surface area contributed by atoms with E-state index in [1.165, 1.54) is 42.5 Å². The highest BCUT2D eigenvalue weighted by atomic mass is 16.8. The molecule has 5 rings (SSSR count). The number of esters is 3. The van der Waals surface area contributed by atoms with Gasteiger partial charge in [-0.05, 0) is 82.9 Å². The molecular weight excluding hydrogens is 1140 g/mol. The average Bonchev–Trinajstić information content (AvgIpc) is 1.86. The van der Waals surface area contributed by atoms with E-state index in [0.29, 0.717) is 43.8 Å². The largest absolute Gasteiger partial charge is 0.462 e. The van der Waals surface area contributed by atoms with E-state index in [9.17, 15) is 34.8 Å². The molecule has 24 heteroatoms. The van der Waals surface area contributed by atoms with Gasteiger partial charge >= 0.3 is 17.9 Å². The molecule has 4 heterocycles. The smallest absolute Gasteiger partial charge is 0.308 e. The monoisotopic (exact) mass is 1250 g/mol. The van der Waals surface area contributed by atoms with Gasteiger partial charge in [0.2, 0.25) is 6.29 Å². The van der Waals surface area contributed by atoms with Gasteiger partial charge in [0.15, 0.2) is 25.0 Å². The van der Waals surface area contributed by atoms with Gasteiger partial charge in [-0.15, -0.1) is 0 Å². The number of benzene rings is 1. The first-order chi connectivity index (χ1) is 41.6. The lowest BCUT2D eigenvalue weighted by Gasteiger charge is -2.50. The molecule has 26 atom stereocenters. The van der Waals surface area contributed by atoms with Crippen LogP contribution >= 0.6 is 0 Å². The van der Waals surface area contributed by atoms with Crippen molar-refractivity contribution in [2.75, 3.05) is 49.3 Å². The maximum atomic E-state index is 13.6. The lowest BCUT2D eigenvalue weighted by Crippen LogP contribution is -2.67. The van der Waals surface area contributed by atoms with Crippen molar-refractivity contribution < 1.29 is 115 Å². The van der Waals surface area contributed by atoms with Crippen molar-refractivity contribution in [3.05, 3.63) is 29.8 Å². The molecule has 1 aromatic rings. The van der Waals surface area contributed by atoms with Crippen molar-refractivity contribution in [2.24, 2.45) is 17.8 Å². The predicted octanol–water partition coefficient (Wildman–Crippen LogP) is 5.51. The Kier molecular flexibility index (Phi) is 31.4. The SMILES string of the molecule is CCC[C@@H](C)C(=O)O[C@H](Cc1ccc(O[C@H]2O[C@@H](C)[C@@H](OC)[C@H](O[C@H]3O[C@H](C)[C@@H](O)[C@H](O[C@H]4O[C@@H](C)[C@H](OC(C)=O)[C@@H](O[C@@H]5O[C@H](CO)[C@@H](O)[C@H](O)[C@H]5OC)[C@@H]4OC)[C@@H]3OC)[C@@H]2OC)cc1)C[C@H](CCCC[C@@H](C)[C@H](CC)OC)OC(=O)[C@H](C)CCC. The molecule has 0 radical (unpaired) electrons. The lowest BCUT2D eigenvalue weighted by molar-refractivity contribution is -0.388. The standard InChI is InChI=1S/C63H106O24/c1-17-22-34(5)58(69)81-42(25-21-20-24-33(4)44(19-3)71-11)31-43(82-59(70)35(6)23-18-2)30-40-26-28-41(29-27-40)83-61-56(75-15)53(49(72-12)37(8)78-61)86-62-55(74-14)51(46(66)36(7)77-62)85-63-57(76-16)54(50(38(9)79-63)80-39(10)65)87-60-52(73-13)48(68)47(67)45(32-64)84-60/h26-29,33-38,42-57,60-64,66-68H,17-25,30-32H2,1-16H3/t33-,34-,35-,36-,37+,38+,42+,43-,44+,45-,46-,47-,48+,49-,50+,51+,52-,53+,54-,55+,56+,57+,60+,61-,62-,63-/m1/s1.